The lowest BCUT2D eigenvalue weighted by atomic mass is 10.1. The van der Waals surface area contributed by atoms with Crippen molar-refractivity contribution < 1.29 is 0 Å². The van der Waals surface area contributed by atoms with Crippen LogP contribution in [0.3, 0.4) is 0 Å². The quantitative estimate of drug-likeness (QED) is 0.488. The number of halogens is 1. The second-order valence-electron chi connectivity index (χ2n) is 6.46. The van der Waals surface area contributed by atoms with Crippen LogP contribution in [-0.2, 0) is 6.42 Å². The van der Waals surface area contributed by atoms with E-state index >= 15 is 0 Å². The fourth-order valence-corrected chi connectivity index (χ4v) is 3.20. The van der Waals surface area contributed by atoms with E-state index in [1.807, 2.05) is 36.4 Å². The van der Waals surface area contributed by atoms with E-state index in [9.17, 15) is 0 Å². The molecule has 140 valence electrons. The average molecular weight is 391 g/mol. The molecule has 0 saturated heterocycles. The van der Waals surface area contributed by atoms with Crippen molar-refractivity contribution in [3.8, 4) is 11.4 Å². The molecule has 1 atom stereocenters. The number of rotatable bonds is 6. The Labute approximate surface area is 167 Å². The van der Waals surface area contributed by atoms with Gasteiger partial charge in [-0.25, -0.2) is 15.0 Å². The maximum atomic E-state index is 6.32. The number of pyridine rings is 2. The minimum absolute atomic E-state index is 0.0610. The molecule has 3 aromatic heterocycles. The highest BCUT2D eigenvalue weighted by Crippen LogP contribution is 2.28. The van der Waals surface area contributed by atoms with Gasteiger partial charge in [0.25, 0.3) is 0 Å². The number of hydrogen-bond donors (Lipinski definition) is 2. The first-order valence-electron chi connectivity index (χ1n) is 8.97. The van der Waals surface area contributed by atoms with Crippen molar-refractivity contribution in [3.05, 3.63) is 77.8 Å². The number of nitrogens with two attached hydrogens (primary N) is 1. The van der Waals surface area contributed by atoms with Gasteiger partial charge in [0, 0.05) is 42.1 Å². The van der Waals surface area contributed by atoms with E-state index in [-0.39, 0.29) is 6.04 Å². The van der Waals surface area contributed by atoms with Crippen LogP contribution < -0.4 is 11.1 Å². The van der Waals surface area contributed by atoms with Gasteiger partial charge < -0.3 is 11.1 Å². The summed E-state index contributed by atoms with van der Waals surface area (Å²) in [6, 6.07) is 15.7. The van der Waals surface area contributed by atoms with Crippen molar-refractivity contribution in [3.63, 3.8) is 0 Å². The van der Waals surface area contributed by atoms with Gasteiger partial charge in [0.15, 0.2) is 11.0 Å². The first-order chi connectivity index (χ1) is 13.7. The highest BCUT2D eigenvalue weighted by Gasteiger charge is 2.13. The molecule has 0 aliphatic carbocycles. The molecule has 0 fully saturated rings. The van der Waals surface area contributed by atoms with Gasteiger partial charge in [0.2, 0.25) is 0 Å². The molecular formula is C21H19ClN6. The van der Waals surface area contributed by atoms with E-state index < -0.39 is 0 Å². The lowest BCUT2D eigenvalue weighted by Gasteiger charge is -2.15. The van der Waals surface area contributed by atoms with E-state index in [4.69, 9.17) is 22.3 Å². The van der Waals surface area contributed by atoms with Gasteiger partial charge in [-0.1, -0.05) is 41.9 Å². The van der Waals surface area contributed by atoms with Crippen LogP contribution in [0.4, 0.5) is 5.82 Å². The lowest BCUT2D eigenvalue weighted by molar-refractivity contribution is 0.698. The van der Waals surface area contributed by atoms with Crippen LogP contribution in [0.25, 0.3) is 22.3 Å². The molecule has 4 aromatic rings. The predicted octanol–water partition coefficient (Wildman–Crippen LogP) is 3.72. The third-order valence-electron chi connectivity index (χ3n) is 4.38. The normalized spacial score (nSPS) is 12.1. The van der Waals surface area contributed by atoms with Crippen molar-refractivity contribution in [1.29, 1.82) is 0 Å². The Kier molecular flexibility index (Phi) is 5.41. The molecule has 3 N–H and O–H groups in total. The molecule has 0 aliphatic rings. The smallest absolute Gasteiger partial charge is 0.162 e. The Morgan fingerprint density at radius 3 is 2.54 bits per heavy atom. The van der Waals surface area contributed by atoms with E-state index in [0.717, 1.165) is 17.4 Å². The molecule has 6 nitrogen and oxygen atoms in total. The summed E-state index contributed by atoms with van der Waals surface area (Å²) >= 11 is 6.29. The average Bonchev–Trinajstić information content (AvgIpc) is 2.74. The first kappa shape index (κ1) is 18.3. The molecule has 0 spiro atoms. The van der Waals surface area contributed by atoms with Gasteiger partial charge >= 0.3 is 0 Å². The molecule has 0 aliphatic heterocycles. The van der Waals surface area contributed by atoms with Gasteiger partial charge in [0.05, 0.1) is 0 Å². The predicted molar refractivity (Wildman–Crippen MR) is 112 cm³/mol. The molecule has 28 heavy (non-hydrogen) atoms. The van der Waals surface area contributed by atoms with Crippen LogP contribution in [0, 0.1) is 0 Å². The lowest BCUT2D eigenvalue weighted by Crippen LogP contribution is -2.31. The van der Waals surface area contributed by atoms with Crippen LogP contribution in [0.15, 0.2) is 67.1 Å². The molecule has 4 rings (SSSR count). The van der Waals surface area contributed by atoms with Crippen molar-refractivity contribution in [2.75, 3.05) is 11.9 Å². The zero-order valence-corrected chi connectivity index (χ0v) is 15.8. The first-order valence-corrected chi connectivity index (χ1v) is 9.34. The maximum Gasteiger partial charge on any atom is 0.162 e. The van der Waals surface area contributed by atoms with Crippen molar-refractivity contribution in [1.82, 2.24) is 19.9 Å². The van der Waals surface area contributed by atoms with Crippen LogP contribution in [0.5, 0.6) is 0 Å². The standard InChI is InChI=1S/C21H19ClN6/c22-19-18-17(8-11-25-19)21(28-20(27-18)15-6-9-24-10-7-15)26-13-16(23)12-14-4-2-1-3-5-14/h1-11,16H,12-13,23H2,(H,26,27,28)/t16-/m1/s1. The Hall–Kier alpha value is -3.09. The van der Waals surface area contributed by atoms with Gasteiger partial charge in [-0.2, -0.15) is 0 Å². The highest BCUT2D eigenvalue weighted by atomic mass is 35.5. The van der Waals surface area contributed by atoms with E-state index in [1.165, 1.54) is 5.56 Å². The molecule has 1 aromatic carbocycles. The Morgan fingerprint density at radius 2 is 1.75 bits per heavy atom. The summed E-state index contributed by atoms with van der Waals surface area (Å²) in [7, 11) is 0. The minimum Gasteiger partial charge on any atom is -0.368 e. The summed E-state index contributed by atoms with van der Waals surface area (Å²) in [5, 5.41) is 4.52. The Morgan fingerprint density at radius 1 is 0.964 bits per heavy atom. The second kappa shape index (κ2) is 8.29. The number of nitrogens with zero attached hydrogens (tertiary/aromatic N) is 4. The maximum absolute atomic E-state index is 6.32. The molecule has 0 saturated carbocycles. The molecule has 0 amide bonds. The molecular weight excluding hydrogens is 372 g/mol. The van der Waals surface area contributed by atoms with Gasteiger partial charge in [-0.3, -0.25) is 4.98 Å². The number of nitrogens with one attached hydrogen (secondary N) is 1. The highest BCUT2D eigenvalue weighted by molar-refractivity contribution is 6.34. The SMILES string of the molecule is N[C@@H](CNc1nc(-c2ccncc2)nc2c(Cl)nccc12)Cc1ccccc1. The van der Waals surface area contributed by atoms with Crippen molar-refractivity contribution >= 4 is 28.3 Å². The second-order valence-corrected chi connectivity index (χ2v) is 6.82. The van der Waals surface area contributed by atoms with Crippen LogP contribution in [-0.4, -0.2) is 32.5 Å². The largest absolute Gasteiger partial charge is 0.368 e. The van der Waals surface area contributed by atoms with Crippen molar-refractivity contribution in [2.24, 2.45) is 5.73 Å². The minimum atomic E-state index is -0.0610. The topological polar surface area (TPSA) is 89.6 Å². The van der Waals surface area contributed by atoms with Crippen LogP contribution >= 0.6 is 11.6 Å². The molecule has 7 heteroatoms. The van der Waals surface area contributed by atoms with E-state index in [0.29, 0.717) is 28.9 Å². The van der Waals surface area contributed by atoms with Gasteiger partial charge in [-0.05, 0) is 30.2 Å². The fourth-order valence-electron chi connectivity index (χ4n) is 3.00. The summed E-state index contributed by atoms with van der Waals surface area (Å²) in [4.78, 5) is 17.5. The number of benzene rings is 1. The molecule has 0 radical (unpaired) electrons. The van der Waals surface area contributed by atoms with Crippen LogP contribution in [0.2, 0.25) is 5.15 Å². The van der Waals surface area contributed by atoms with Gasteiger partial charge in [-0.15, -0.1) is 0 Å². The van der Waals surface area contributed by atoms with Crippen LogP contribution in [0.1, 0.15) is 5.56 Å². The summed E-state index contributed by atoms with van der Waals surface area (Å²) in [5.41, 5.74) is 8.98. The fraction of sp³-hybridized carbons (Fsp3) is 0.143. The molecule has 0 bridgehead atoms. The van der Waals surface area contributed by atoms with E-state index in [1.54, 1.807) is 18.6 Å². The Balaban J connectivity index is 1.63. The third kappa shape index (κ3) is 4.08. The number of anilines is 1. The summed E-state index contributed by atoms with van der Waals surface area (Å²) in [5.74, 6) is 1.24. The number of fused-ring (bicyclic) bond motifs is 1. The zero-order valence-electron chi connectivity index (χ0n) is 15.1. The zero-order chi connectivity index (χ0) is 19.3. The number of hydrogen-bond acceptors (Lipinski definition) is 6. The summed E-state index contributed by atoms with van der Waals surface area (Å²) < 4.78 is 0. The van der Waals surface area contributed by atoms with Gasteiger partial charge in [0.1, 0.15) is 11.3 Å². The summed E-state index contributed by atoms with van der Waals surface area (Å²) in [6.07, 6.45) is 5.83. The molecule has 3 heterocycles. The Bertz CT molecular complexity index is 1070. The van der Waals surface area contributed by atoms with E-state index in [2.05, 4.69) is 32.4 Å². The van der Waals surface area contributed by atoms with Crippen molar-refractivity contribution in [2.45, 2.75) is 12.5 Å². The monoisotopic (exact) mass is 390 g/mol. The summed E-state index contributed by atoms with van der Waals surface area (Å²) in [6.45, 7) is 0.566. The number of aromatic nitrogens is 4. The molecule has 0 unspecified atom stereocenters. The third-order valence-corrected chi connectivity index (χ3v) is 4.66.